The van der Waals surface area contributed by atoms with Crippen molar-refractivity contribution in [3.8, 4) is 6.07 Å². The summed E-state index contributed by atoms with van der Waals surface area (Å²) >= 11 is 0. The number of Topliss-reactive ketones (excluding diaryl/α,β-unsaturated/α-hetero) is 1. The van der Waals surface area contributed by atoms with Crippen molar-refractivity contribution in [2.24, 2.45) is 44.3 Å². The van der Waals surface area contributed by atoms with Crippen LogP contribution in [0.2, 0.25) is 0 Å². The predicted molar refractivity (Wildman–Crippen MR) is 147 cm³/mol. The molecule has 1 N–H and O–H groups in total. The number of fused-ring (bicyclic) bond motifs is 7. The Balaban J connectivity index is 1.74. The van der Waals surface area contributed by atoms with Gasteiger partial charge in [-0.05, 0) is 80.3 Å². The van der Waals surface area contributed by atoms with Crippen LogP contribution < -0.4 is 0 Å². The monoisotopic (exact) mass is 535 g/mol. The molecule has 3 saturated carbocycles. The lowest BCUT2D eigenvalue weighted by atomic mass is 9.33. The molecule has 2 unspecified atom stereocenters. The van der Waals surface area contributed by atoms with Gasteiger partial charge in [-0.1, -0.05) is 54.5 Å². The van der Waals surface area contributed by atoms with Crippen LogP contribution in [0, 0.1) is 55.7 Å². The van der Waals surface area contributed by atoms with E-state index in [1.807, 2.05) is 19.9 Å². The molecule has 0 aromatic heterocycles. The molecule has 3 fully saturated rings. The molecule has 5 aliphatic rings. The minimum absolute atomic E-state index is 0.0626. The number of hydrogen-bond donors (Lipinski definition) is 1. The molecule has 212 valence electrons. The van der Waals surface area contributed by atoms with Crippen LogP contribution in [0.15, 0.2) is 23.3 Å². The van der Waals surface area contributed by atoms with Crippen LogP contribution in [0.1, 0.15) is 100 Å². The molecular weight excluding hydrogens is 490 g/mol. The van der Waals surface area contributed by atoms with E-state index in [-0.39, 0.29) is 41.0 Å². The summed E-state index contributed by atoms with van der Waals surface area (Å²) in [5.74, 6) is -1.36. The number of nitrogens with zero attached hydrogens (tertiary/aromatic N) is 1. The summed E-state index contributed by atoms with van der Waals surface area (Å²) in [6, 6.07) is 2.13. The van der Waals surface area contributed by atoms with Crippen molar-refractivity contribution >= 4 is 17.5 Å². The Labute approximate surface area is 233 Å². The largest absolute Gasteiger partial charge is 0.466 e. The first-order chi connectivity index (χ1) is 17.9. The SMILES string of the molecule is CCOC(=O)[C@]12CCC(C)(C)CC1[C@@]1(O)C(=O)C=C3[C@@]4(C)C=C(C#N)C(=O)C(C)(C)C4CC[C@@]3(C)[C@]1(C)CC2. The highest BCUT2D eigenvalue weighted by atomic mass is 16.5. The molecule has 6 heteroatoms. The van der Waals surface area contributed by atoms with Crippen molar-refractivity contribution in [2.45, 2.75) is 106 Å². The molecule has 7 atom stereocenters. The molecule has 0 amide bonds. The topological polar surface area (TPSA) is 104 Å². The van der Waals surface area contributed by atoms with Gasteiger partial charge in [-0.25, -0.2) is 0 Å². The molecule has 0 aromatic rings. The highest BCUT2D eigenvalue weighted by Gasteiger charge is 2.77. The van der Waals surface area contributed by atoms with Gasteiger partial charge in [0.1, 0.15) is 11.7 Å². The Morgan fingerprint density at radius 2 is 1.67 bits per heavy atom. The third-order valence-electron chi connectivity index (χ3n) is 12.7. The zero-order valence-electron chi connectivity index (χ0n) is 25.0. The summed E-state index contributed by atoms with van der Waals surface area (Å²) in [5.41, 5.74) is -4.44. The van der Waals surface area contributed by atoms with E-state index in [1.165, 1.54) is 0 Å². The Morgan fingerprint density at radius 3 is 2.28 bits per heavy atom. The van der Waals surface area contributed by atoms with Crippen LogP contribution in [0.25, 0.3) is 0 Å². The van der Waals surface area contributed by atoms with Gasteiger partial charge >= 0.3 is 5.97 Å². The minimum atomic E-state index is -1.72. The third kappa shape index (κ3) is 3.20. The summed E-state index contributed by atoms with van der Waals surface area (Å²) in [5, 5.41) is 22.8. The van der Waals surface area contributed by atoms with E-state index in [0.29, 0.717) is 25.7 Å². The molecule has 0 radical (unpaired) electrons. The minimum Gasteiger partial charge on any atom is -0.466 e. The van der Waals surface area contributed by atoms with Gasteiger partial charge in [0, 0.05) is 22.2 Å². The van der Waals surface area contributed by atoms with Gasteiger partial charge in [0.25, 0.3) is 0 Å². The smallest absolute Gasteiger partial charge is 0.312 e. The second kappa shape index (κ2) is 8.15. The molecule has 0 spiro atoms. The molecule has 0 aromatic carbocycles. The van der Waals surface area contributed by atoms with E-state index in [9.17, 15) is 24.8 Å². The lowest BCUT2D eigenvalue weighted by molar-refractivity contribution is -0.248. The first-order valence-electron chi connectivity index (χ1n) is 14.8. The summed E-state index contributed by atoms with van der Waals surface area (Å²) in [6.45, 7) is 16.5. The molecule has 0 aliphatic heterocycles. The maximum atomic E-state index is 14.5. The van der Waals surface area contributed by atoms with E-state index in [2.05, 4.69) is 40.7 Å². The van der Waals surface area contributed by atoms with Gasteiger partial charge in [0.15, 0.2) is 11.6 Å². The summed E-state index contributed by atoms with van der Waals surface area (Å²) < 4.78 is 5.63. The average molecular weight is 536 g/mol. The van der Waals surface area contributed by atoms with Crippen LogP contribution in [-0.2, 0) is 19.1 Å². The Bertz CT molecular complexity index is 1270. The van der Waals surface area contributed by atoms with E-state index < -0.39 is 38.6 Å². The number of hydrogen-bond acceptors (Lipinski definition) is 6. The van der Waals surface area contributed by atoms with Gasteiger partial charge in [0.05, 0.1) is 17.6 Å². The number of nitriles is 1. The quantitative estimate of drug-likeness (QED) is 0.443. The summed E-state index contributed by atoms with van der Waals surface area (Å²) in [4.78, 5) is 41.4. The first-order valence-corrected chi connectivity index (χ1v) is 14.8. The third-order valence-corrected chi connectivity index (χ3v) is 12.7. The van der Waals surface area contributed by atoms with Crippen molar-refractivity contribution in [2.75, 3.05) is 6.61 Å². The molecule has 6 nitrogen and oxygen atoms in total. The van der Waals surface area contributed by atoms with Crippen LogP contribution in [-0.4, -0.2) is 34.9 Å². The van der Waals surface area contributed by atoms with Crippen LogP contribution in [0.5, 0.6) is 0 Å². The van der Waals surface area contributed by atoms with Crippen LogP contribution in [0.4, 0.5) is 0 Å². The zero-order chi connectivity index (χ0) is 29.0. The highest BCUT2D eigenvalue weighted by Crippen LogP contribution is 2.75. The summed E-state index contributed by atoms with van der Waals surface area (Å²) in [6.07, 6.45) is 8.06. The second-order valence-corrected chi connectivity index (χ2v) is 15.2. The molecule has 0 heterocycles. The lowest BCUT2D eigenvalue weighted by Gasteiger charge is -2.71. The Morgan fingerprint density at radius 1 is 1.03 bits per heavy atom. The van der Waals surface area contributed by atoms with E-state index in [4.69, 9.17) is 4.74 Å². The normalized spacial score (nSPS) is 45.8. The van der Waals surface area contributed by atoms with Crippen LogP contribution in [0.3, 0.4) is 0 Å². The van der Waals surface area contributed by atoms with E-state index in [0.717, 1.165) is 24.8 Å². The number of rotatable bonds is 2. The lowest BCUT2D eigenvalue weighted by Crippen LogP contribution is -2.75. The number of carbonyl (C=O) groups excluding carboxylic acids is 3. The second-order valence-electron chi connectivity index (χ2n) is 15.2. The number of ether oxygens (including phenoxy) is 1. The van der Waals surface area contributed by atoms with Gasteiger partial charge in [-0.2, -0.15) is 5.26 Å². The Hall–Kier alpha value is -2.26. The average Bonchev–Trinajstić information content (AvgIpc) is 2.85. The standard InChI is InChI=1S/C33H45NO5/c1-9-39-26(37)32-14-12-27(2,3)18-23(32)33(38)24(35)16-22-29(6)17-20(19-34)25(36)28(4,5)21(29)10-11-30(22,7)31(33,8)13-15-32/h16-17,21,23,38H,9-15,18H2,1-8H3/t21?,23?,29-,30+,31-,32-,33+/m0/s1. The van der Waals surface area contributed by atoms with Crippen LogP contribution >= 0.6 is 0 Å². The molecule has 5 rings (SSSR count). The number of ketones is 2. The number of carbonyl (C=O) groups is 3. The van der Waals surface area contributed by atoms with Crippen molar-refractivity contribution in [1.82, 2.24) is 0 Å². The first kappa shape index (κ1) is 28.3. The van der Waals surface area contributed by atoms with Gasteiger partial charge in [-0.15, -0.1) is 0 Å². The Kier molecular flexibility index (Phi) is 5.91. The van der Waals surface area contributed by atoms with Crippen molar-refractivity contribution < 1.29 is 24.2 Å². The fourth-order valence-electron chi connectivity index (χ4n) is 10.3. The van der Waals surface area contributed by atoms with E-state index in [1.54, 1.807) is 13.0 Å². The van der Waals surface area contributed by atoms with Crippen molar-refractivity contribution in [3.63, 3.8) is 0 Å². The highest BCUT2D eigenvalue weighted by molar-refractivity contribution is 6.05. The molecule has 0 saturated heterocycles. The zero-order valence-corrected chi connectivity index (χ0v) is 25.0. The fourth-order valence-corrected chi connectivity index (χ4v) is 10.3. The molecule has 5 aliphatic carbocycles. The number of aliphatic hydroxyl groups is 1. The number of esters is 1. The van der Waals surface area contributed by atoms with Gasteiger partial charge in [-0.3, -0.25) is 14.4 Å². The summed E-state index contributed by atoms with van der Waals surface area (Å²) in [7, 11) is 0. The van der Waals surface area contributed by atoms with Gasteiger partial charge < -0.3 is 9.84 Å². The maximum absolute atomic E-state index is 14.5. The molecule has 0 bridgehead atoms. The van der Waals surface area contributed by atoms with E-state index >= 15 is 0 Å². The van der Waals surface area contributed by atoms with Crippen molar-refractivity contribution in [1.29, 1.82) is 5.26 Å². The molecule has 39 heavy (non-hydrogen) atoms. The molecular formula is C33H45NO5. The number of allylic oxidation sites excluding steroid dienone is 3. The predicted octanol–water partition coefficient (Wildman–Crippen LogP) is 5.88. The van der Waals surface area contributed by atoms with Gasteiger partial charge in [0.2, 0.25) is 0 Å². The maximum Gasteiger partial charge on any atom is 0.312 e. The fraction of sp³-hybridized carbons (Fsp3) is 0.758. The van der Waals surface area contributed by atoms with Crippen molar-refractivity contribution in [3.05, 3.63) is 23.3 Å².